The molecule has 0 saturated heterocycles. The van der Waals surface area contributed by atoms with Crippen LogP contribution in [0.25, 0.3) is 0 Å². The Balaban J connectivity index is 2.47. The quantitative estimate of drug-likeness (QED) is 0.899. The lowest BCUT2D eigenvalue weighted by molar-refractivity contribution is 0.179. The van der Waals surface area contributed by atoms with Gasteiger partial charge < -0.3 is 9.52 Å². The topological polar surface area (TPSA) is 33.4 Å². The zero-order chi connectivity index (χ0) is 12.6. The molecule has 2 nitrogen and oxygen atoms in total. The molecule has 1 N–H and O–H groups in total. The summed E-state index contributed by atoms with van der Waals surface area (Å²) in [4.78, 5) is 0. The van der Waals surface area contributed by atoms with E-state index in [-0.39, 0.29) is 11.0 Å². The maximum Gasteiger partial charge on any atom is 0.193 e. The second-order valence-electron chi connectivity index (χ2n) is 3.33. The van der Waals surface area contributed by atoms with E-state index < -0.39 is 29.1 Å². The maximum absolute atomic E-state index is 13.3. The minimum Gasteiger partial charge on any atom is -0.447 e. The average Bonchev–Trinajstić information content (AvgIpc) is 2.63. The average molecular weight is 263 g/mol. The summed E-state index contributed by atoms with van der Waals surface area (Å²) < 4.78 is 44.2. The SMILES string of the molecule is OC(c1ccc(Cl)o1)c1c(F)cc(F)cc1F. The molecule has 1 atom stereocenters. The van der Waals surface area contributed by atoms with E-state index in [0.717, 1.165) is 0 Å². The summed E-state index contributed by atoms with van der Waals surface area (Å²) >= 11 is 5.47. The Morgan fingerprint density at radius 3 is 2.18 bits per heavy atom. The predicted octanol–water partition coefficient (Wildman–Crippen LogP) is 3.43. The Hall–Kier alpha value is -1.46. The predicted molar refractivity (Wildman–Crippen MR) is 54.1 cm³/mol. The molecule has 0 amide bonds. The molecule has 17 heavy (non-hydrogen) atoms. The van der Waals surface area contributed by atoms with E-state index in [2.05, 4.69) is 0 Å². The Morgan fingerprint density at radius 2 is 1.71 bits per heavy atom. The van der Waals surface area contributed by atoms with Gasteiger partial charge in [-0.2, -0.15) is 0 Å². The highest BCUT2D eigenvalue weighted by atomic mass is 35.5. The van der Waals surface area contributed by atoms with Crippen molar-refractivity contribution in [3.05, 3.63) is 58.3 Å². The number of aliphatic hydroxyl groups excluding tert-OH is 1. The van der Waals surface area contributed by atoms with Crippen molar-refractivity contribution in [2.45, 2.75) is 6.10 Å². The largest absolute Gasteiger partial charge is 0.447 e. The van der Waals surface area contributed by atoms with Gasteiger partial charge in [0.15, 0.2) is 5.22 Å². The van der Waals surface area contributed by atoms with Crippen molar-refractivity contribution in [1.29, 1.82) is 0 Å². The van der Waals surface area contributed by atoms with E-state index in [1.807, 2.05) is 0 Å². The van der Waals surface area contributed by atoms with Gasteiger partial charge in [-0.3, -0.25) is 0 Å². The second-order valence-corrected chi connectivity index (χ2v) is 3.70. The van der Waals surface area contributed by atoms with Gasteiger partial charge in [0.1, 0.15) is 29.3 Å². The maximum atomic E-state index is 13.3. The summed E-state index contributed by atoms with van der Waals surface area (Å²) in [6.07, 6.45) is -1.68. The van der Waals surface area contributed by atoms with Crippen LogP contribution >= 0.6 is 11.6 Å². The second kappa shape index (κ2) is 4.43. The van der Waals surface area contributed by atoms with Crippen LogP contribution < -0.4 is 0 Å². The summed E-state index contributed by atoms with van der Waals surface area (Å²) in [6, 6.07) is 3.55. The Kier molecular flexibility index (Phi) is 3.13. The van der Waals surface area contributed by atoms with Gasteiger partial charge in [0.2, 0.25) is 0 Å². The minimum atomic E-state index is -1.68. The molecule has 0 bridgehead atoms. The van der Waals surface area contributed by atoms with Gasteiger partial charge in [0.25, 0.3) is 0 Å². The molecule has 1 unspecified atom stereocenters. The summed E-state index contributed by atoms with van der Waals surface area (Å²) in [5, 5.41) is 9.68. The molecular formula is C11H6ClF3O2. The Bertz CT molecular complexity index is 530. The number of aliphatic hydroxyl groups is 1. The molecule has 0 aliphatic rings. The molecule has 90 valence electrons. The molecule has 0 aliphatic heterocycles. The molecule has 2 rings (SSSR count). The number of halogens is 4. The van der Waals surface area contributed by atoms with E-state index >= 15 is 0 Å². The van der Waals surface area contributed by atoms with Gasteiger partial charge in [-0.05, 0) is 23.7 Å². The Labute approximate surface area is 99.2 Å². The van der Waals surface area contributed by atoms with Crippen LogP contribution in [0, 0.1) is 17.5 Å². The molecule has 1 aromatic carbocycles. The zero-order valence-electron chi connectivity index (χ0n) is 8.25. The van der Waals surface area contributed by atoms with Crippen molar-refractivity contribution in [1.82, 2.24) is 0 Å². The van der Waals surface area contributed by atoms with E-state index in [0.29, 0.717) is 12.1 Å². The number of hydrogen-bond donors (Lipinski definition) is 1. The standard InChI is InChI=1S/C11H6ClF3O2/c12-9-2-1-8(17-9)11(16)10-6(14)3-5(13)4-7(10)15/h1-4,11,16H. The van der Waals surface area contributed by atoms with Gasteiger partial charge >= 0.3 is 0 Å². The van der Waals surface area contributed by atoms with Crippen molar-refractivity contribution in [2.24, 2.45) is 0 Å². The fourth-order valence-corrected chi connectivity index (χ4v) is 1.58. The van der Waals surface area contributed by atoms with Gasteiger partial charge in [-0.1, -0.05) is 0 Å². The van der Waals surface area contributed by atoms with Gasteiger partial charge in [0, 0.05) is 12.1 Å². The van der Waals surface area contributed by atoms with E-state index in [1.165, 1.54) is 12.1 Å². The van der Waals surface area contributed by atoms with Gasteiger partial charge in [-0.15, -0.1) is 0 Å². The van der Waals surface area contributed by atoms with E-state index in [4.69, 9.17) is 16.0 Å². The summed E-state index contributed by atoms with van der Waals surface area (Å²) in [7, 11) is 0. The van der Waals surface area contributed by atoms with Crippen LogP contribution in [-0.2, 0) is 0 Å². The molecule has 0 aliphatic carbocycles. The molecule has 1 heterocycles. The smallest absolute Gasteiger partial charge is 0.193 e. The lowest BCUT2D eigenvalue weighted by Gasteiger charge is -2.10. The van der Waals surface area contributed by atoms with Crippen LogP contribution in [-0.4, -0.2) is 5.11 Å². The Morgan fingerprint density at radius 1 is 1.12 bits per heavy atom. The van der Waals surface area contributed by atoms with Crippen LogP contribution in [0.5, 0.6) is 0 Å². The highest BCUT2D eigenvalue weighted by Gasteiger charge is 2.23. The number of benzene rings is 1. The van der Waals surface area contributed by atoms with Crippen LogP contribution in [0.1, 0.15) is 17.4 Å². The number of furan rings is 1. The zero-order valence-corrected chi connectivity index (χ0v) is 9.01. The van der Waals surface area contributed by atoms with Crippen molar-refractivity contribution >= 4 is 11.6 Å². The molecule has 2 aromatic rings. The molecule has 0 saturated carbocycles. The third-order valence-electron chi connectivity index (χ3n) is 2.18. The molecule has 0 fully saturated rings. The van der Waals surface area contributed by atoms with Crippen LogP contribution in [0.15, 0.2) is 28.7 Å². The van der Waals surface area contributed by atoms with E-state index in [1.54, 1.807) is 0 Å². The van der Waals surface area contributed by atoms with Crippen LogP contribution in [0.4, 0.5) is 13.2 Å². The first-order valence-corrected chi connectivity index (χ1v) is 4.94. The first kappa shape index (κ1) is 12.0. The molecule has 0 spiro atoms. The lowest BCUT2D eigenvalue weighted by Crippen LogP contribution is -2.05. The van der Waals surface area contributed by atoms with Gasteiger partial charge in [0.05, 0.1) is 5.56 Å². The van der Waals surface area contributed by atoms with E-state index in [9.17, 15) is 18.3 Å². The van der Waals surface area contributed by atoms with Crippen molar-refractivity contribution in [3.8, 4) is 0 Å². The van der Waals surface area contributed by atoms with Gasteiger partial charge in [-0.25, -0.2) is 13.2 Å². The molecule has 6 heteroatoms. The fourth-order valence-electron chi connectivity index (χ4n) is 1.43. The van der Waals surface area contributed by atoms with Crippen molar-refractivity contribution < 1.29 is 22.7 Å². The van der Waals surface area contributed by atoms with Crippen LogP contribution in [0.3, 0.4) is 0 Å². The summed E-state index contributed by atoms with van der Waals surface area (Å²) in [5.41, 5.74) is -0.683. The molecule has 0 radical (unpaired) electrons. The highest BCUT2D eigenvalue weighted by molar-refractivity contribution is 6.28. The first-order chi connectivity index (χ1) is 7.99. The first-order valence-electron chi connectivity index (χ1n) is 4.57. The van der Waals surface area contributed by atoms with Crippen LogP contribution in [0.2, 0.25) is 5.22 Å². The van der Waals surface area contributed by atoms with Crippen molar-refractivity contribution in [2.75, 3.05) is 0 Å². The molecule has 1 aromatic heterocycles. The fraction of sp³-hybridized carbons (Fsp3) is 0.0909. The normalized spacial score (nSPS) is 12.8. The molecular weight excluding hydrogens is 257 g/mol. The third-order valence-corrected chi connectivity index (χ3v) is 2.38. The van der Waals surface area contributed by atoms with Crippen molar-refractivity contribution in [3.63, 3.8) is 0 Å². The summed E-state index contributed by atoms with van der Waals surface area (Å²) in [6.45, 7) is 0. The number of rotatable bonds is 2. The summed E-state index contributed by atoms with van der Waals surface area (Å²) in [5.74, 6) is -3.57. The third kappa shape index (κ3) is 2.30. The highest BCUT2D eigenvalue weighted by Crippen LogP contribution is 2.29. The minimum absolute atomic E-state index is 0.0259. The number of hydrogen-bond acceptors (Lipinski definition) is 2. The monoisotopic (exact) mass is 262 g/mol. The lowest BCUT2D eigenvalue weighted by atomic mass is 10.1.